The number of aromatic nitrogens is 1. The Balaban J connectivity index is 1.59. The number of fused-ring (bicyclic) bond motifs is 2. The second kappa shape index (κ2) is 6.33. The highest BCUT2D eigenvalue weighted by Crippen LogP contribution is 2.27. The van der Waals surface area contributed by atoms with Gasteiger partial charge >= 0.3 is 0 Å². The van der Waals surface area contributed by atoms with Crippen molar-refractivity contribution in [1.29, 1.82) is 0 Å². The third-order valence-corrected chi connectivity index (χ3v) is 4.98. The molecule has 3 aromatic rings. The molecule has 0 bridgehead atoms. The van der Waals surface area contributed by atoms with Gasteiger partial charge in [-0.3, -0.25) is 9.59 Å². The Bertz CT molecular complexity index is 1020. The number of benzene rings is 2. The summed E-state index contributed by atoms with van der Waals surface area (Å²) in [6.45, 7) is 4.84. The van der Waals surface area contributed by atoms with Gasteiger partial charge in [-0.15, -0.1) is 0 Å². The standard InChI is InChI=1S/C21H21N3O2/c1-3-24-12-17(16-6-4-5-7-19(16)24)21(26)22-13(2)14-8-9-18-15(10-14)11-20(25)23-18/h4-10,12-13H,3,11H2,1-2H3,(H,22,26)(H,23,25)/t13-/m0/s1. The smallest absolute Gasteiger partial charge is 0.253 e. The van der Waals surface area contributed by atoms with Crippen LogP contribution in [-0.2, 0) is 17.8 Å². The van der Waals surface area contributed by atoms with Gasteiger partial charge in [0.05, 0.1) is 18.0 Å². The van der Waals surface area contributed by atoms with Crippen LogP contribution >= 0.6 is 0 Å². The topological polar surface area (TPSA) is 63.1 Å². The summed E-state index contributed by atoms with van der Waals surface area (Å²) in [7, 11) is 0. The van der Waals surface area contributed by atoms with Crippen LogP contribution in [0.5, 0.6) is 0 Å². The van der Waals surface area contributed by atoms with Crippen molar-refractivity contribution in [3.63, 3.8) is 0 Å². The molecule has 0 fully saturated rings. The normalized spacial score (nSPS) is 14.2. The van der Waals surface area contributed by atoms with E-state index in [-0.39, 0.29) is 17.9 Å². The summed E-state index contributed by atoms with van der Waals surface area (Å²) in [4.78, 5) is 24.4. The van der Waals surface area contributed by atoms with Crippen LogP contribution < -0.4 is 10.6 Å². The number of hydrogen-bond acceptors (Lipinski definition) is 2. The van der Waals surface area contributed by atoms with E-state index in [1.165, 1.54) is 0 Å². The van der Waals surface area contributed by atoms with Crippen LogP contribution in [0.4, 0.5) is 5.69 Å². The minimum atomic E-state index is -0.146. The van der Waals surface area contributed by atoms with Crippen LogP contribution in [0.1, 0.15) is 41.4 Å². The molecule has 26 heavy (non-hydrogen) atoms. The Hall–Kier alpha value is -3.08. The number of nitrogens with one attached hydrogen (secondary N) is 2. The fourth-order valence-electron chi connectivity index (χ4n) is 3.57. The minimum absolute atomic E-state index is 0.0150. The number of nitrogens with zero attached hydrogens (tertiary/aromatic N) is 1. The van der Waals surface area contributed by atoms with Gasteiger partial charge in [0.2, 0.25) is 5.91 Å². The Morgan fingerprint density at radius 3 is 2.88 bits per heavy atom. The minimum Gasteiger partial charge on any atom is -0.347 e. The lowest BCUT2D eigenvalue weighted by molar-refractivity contribution is -0.115. The molecule has 0 saturated carbocycles. The van der Waals surface area contributed by atoms with Crippen molar-refractivity contribution in [3.8, 4) is 0 Å². The van der Waals surface area contributed by atoms with E-state index in [0.717, 1.165) is 34.3 Å². The fourth-order valence-corrected chi connectivity index (χ4v) is 3.57. The lowest BCUT2D eigenvalue weighted by Crippen LogP contribution is -2.26. The van der Waals surface area contributed by atoms with Crippen LogP contribution in [0, 0.1) is 0 Å². The molecule has 1 atom stereocenters. The lowest BCUT2D eigenvalue weighted by Gasteiger charge is -2.15. The summed E-state index contributed by atoms with van der Waals surface area (Å²) in [6.07, 6.45) is 2.31. The summed E-state index contributed by atoms with van der Waals surface area (Å²) in [5.74, 6) is -0.0724. The highest BCUT2D eigenvalue weighted by Gasteiger charge is 2.20. The van der Waals surface area contributed by atoms with Crippen molar-refractivity contribution in [2.75, 3.05) is 5.32 Å². The van der Waals surface area contributed by atoms with Crippen LogP contribution in [0.15, 0.2) is 48.7 Å². The predicted molar refractivity (Wildman–Crippen MR) is 102 cm³/mol. The molecule has 1 aliphatic rings. The first-order chi connectivity index (χ1) is 12.6. The first-order valence-corrected chi connectivity index (χ1v) is 8.88. The molecular formula is C21H21N3O2. The summed E-state index contributed by atoms with van der Waals surface area (Å²) in [6, 6.07) is 13.6. The van der Waals surface area contributed by atoms with Crippen LogP contribution in [-0.4, -0.2) is 16.4 Å². The predicted octanol–water partition coefficient (Wildman–Crippen LogP) is 3.65. The van der Waals surface area contributed by atoms with Gasteiger partial charge < -0.3 is 15.2 Å². The molecule has 1 aromatic heterocycles. The van der Waals surface area contributed by atoms with Gasteiger partial charge in [0.15, 0.2) is 0 Å². The van der Waals surface area contributed by atoms with E-state index >= 15 is 0 Å². The molecule has 0 unspecified atom stereocenters. The highest BCUT2D eigenvalue weighted by molar-refractivity contribution is 6.07. The van der Waals surface area contributed by atoms with Crippen LogP contribution in [0.2, 0.25) is 0 Å². The first kappa shape index (κ1) is 16.4. The van der Waals surface area contributed by atoms with Gasteiger partial charge in [-0.1, -0.05) is 30.3 Å². The van der Waals surface area contributed by atoms with Crippen LogP contribution in [0.25, 0.3) is 10.9 Å². The summed E-state index contributed by atoms with van der Waals surface area (Å²) >= 11 is 0. The molecule has 132 valence electrons. The zero-order chi connectivity index (χ0) is 18.3. The lowest BCUT2D eigenvalue weighted by atomic mass is 10.0. The van der Waals surface area contributed by atoms with Gasteiger partial charge in [-0.05, 0) is 37.1 Å². The Labute approximate surface area is 152 Å². The number of carbonyl (C=O) groups is 2. The molecule has 0 spiro atoms. The first-order valence-electron chi connectivity index (χ1n) is 8.88. The number of amides is 2. The summed E-state index contributed by atoms with van der Waals surface area (Å²) in [5, 5.41) is 6.88. The number of para-hydroxylation sites is 1. The third-order valence-electron chi connectivity index (χ3n) is 4.98. The zero-order valence-electron chi connectivity index (χ0n) is 14.9. The molecule has 2 aromatic carbocycles. The number of aryl methyl sites for hydroxylation is 1. The fraction of sp³-hybridized carbons (Fsp3) is 0.238. The van der Waals surface area contributed by atoms with E-state index in [2.05, 4.69) is 22.1 Å². The van der Waals surface area contributed by atoms with E-state index in [9.17, 15) is 9.59 Å². The second-order valence-corrected chi connectivity index (χ2v) is 6.68. The number of carbonyl (C=O) groups excluding carboxylic acids is 2. The van der Waals surface area contributed by atoms with Gasteiger partial charge in [-0.2, -0.15) is 0 Å². The Kier molecular flexibility index (Phi) is 3.99. The van der Waals surface area contributed by atoms with Gasteiger partial charge in [0.25, 0.3) is 5.91 Å². The van der Waals surface area contributed by atoms with Crippen molar-refractivity contribution in [1.82, 2.24) is 9.88 Å². The Morgan fingerprint density at radius 1 is 1.27 bits per heavy atom. The highest BCUT2D eigenvalue weighted by atomic mass is 16.2. The number of rotatable bonds is 4. The van der Waals surface area contributed by atoms with E-state index in [1.807, 2.05) is 55.6 Å². The molecule has 5 nitrogen and oxygen atoms in total. The van der Waals surface area contributed by atoms with E-state index in [4.69, 9.17) is 0 Å². The summed E-state index contributed by atoms with van der Waals surface area (Å²) in [5.41, 5.74) is 4.59. The molecule has 0 saturated heterocycles. The maximum atomic E-state index is 12.9. The maximum absolute atomic E-state index is 12.9. The largest absolute Gasteiger partial charge is 0.347 e. The van der Waals surface area contributed by atoms with Crippen molar-refractivity contribution in [3.05, 3.63) is 65.4 Å². The van der Waals surface area contributed by atoms with Crippen molar-refractivity contribution < 1.29 is 9.59 Å². The molecule has 2 heterocycles. The SMILES string of the molecule is CCn1cc(C(=O)N[C@@H](C)c2ccc3c(c2)CC(=O)N3)c2ccccc21. The quantitative estimate of drug-likeness (QED) is 0.757. The molecule has 5 heteroatoms. The monoisotopic (exact) mass is 347 g/mol. The van der Waals surface area contributed by atoms with E-state index < -0.39 is 0 Å². The molecule has 2 amide bonds. The van der Waals surface area contributed by atoms with Gasteiger partial charge in [0.1, 0.15) is 0 Å². The summed E-state index contributed by atoms with van der Waals surface area (Å²) < 4.78 is 2.08. The maximum Gasteiger partial charge on any atom is 0.253 e. The van der Waals surface area contributed by atoms with Crippen molar-refractivity contribution >= 4 is 28.4 Å². The van der Waals surface area contributed by atoms with Crippen molar-refractivity contribution in [2.24, 2.45) is 0 Å². The average Bonchev–Trinajstić information content (AvgIpc) is 3.20. The zero-order valence-corrected chi connectivity index (χ0v) is 14.9. The average molecular weight is 347 g/mol. The van der Waals surface area contributed by atoms with Crippen LogP contribution in [0.3, 0.4) is 0 Å². The third kappa shape index (κ3) is 2.75. The number of anilines is 1. The molecular weight excluding hydrogens is 326 g/mol. The van der Waals surface area contributed by atoms with E-state index in [0.29, 0.717) is 12.0 Å². The van der Waals surface area contributed by atoms with Gasteiger partial charge in [0, 0.05) is 29.3 Å². The van der Waals surface area contributed by atoms with E-state index in [1.54, 1.807) is 0 Å². The molecule has 1 aliphatic heterocycles. The Morgan fingerprint density at radius 2 is 2.08 bits per heavy atom. The van der Waals surface area contributed by atoms with Crippen molar-refractivity contribution in [2.45, 2.75) is 32.9 Å². The van der Waals surface area contributed by atoms with Gasteiger partial charge in [-0.25, -0.2) is 0 Å². The molecule has 0 radical (unpaired) electrons. The molecule has 0 aliphatic carbocycles. The number of hydrogen-bond donors (Lipinski definition) is 2. The molecule has 4 rings (SSSR count). The molecule has 2 N–H and O–H groups in total. The second-order valence-electron chi connectivity index (χ2n) is 6.68.